The Morgan fingerprint density at radius 1 is 1.50 bits per heavy atom. The van der Waals surface area contributed by atoms with Crippen molar-refractivity contribution in [1.29, 1.82) is 0 Å². The third-order valence-corrected chi connectivity index (χ3v) is 2.77. The summed E-state index contributed by atoms with van der Waals surface area (Å²) in [5, 5.41) is 8.63. The minimum absolute atomic E-state index is 0.0164. The lowest BCUT2D eigenvalue weighted by atomic mass is 10.2. The van der Waals surface area contributed by atoms with Crippen molar-refractivity contribution in [2.24, 2.45) is 0 Å². The van der Waals surface area contributed by atoms with Crippen molar-refractivity contribution in [2.45, 2.75) is 13.3 Å². The highest BCUT2D eigenvalue weighted by molar-refractivity contribution is 8.00. The largest absolute Gasteiger partial charge is 0.477 e. The number of anilines is 1. The molecule has 0 amide bonds. The lowest BCUT2D eigenvalue weighted by Gasteiger charge is -2.08. The number of aromatic carboxylic acids is 1. The van der Waals surface area contributed by atoms with Gasteiger partial charge >= 0.3 is 5.97 Å². The van der Waals surface area contributed by atoms with E-state index < -0.39 is 23.2 Å². The van der Waals surface area contributed by atoms with E-state index in [9.17, 15) is 13.6 Å². The molecule has 0 aliphatic rings. The second-order valence-electron chi connectivity index (χ2n) is 3.04. The van der Waals surface area contributed by atoms with Crippen molar-refractivity contribution in [1.82, 2.24) is 0 Å². The fourth-order valence-electron chi connectivity index (χ4n) is 1.06. The van der Waals surface area contributed by atoms with Crippen molar-refractivity contribution in [3.63, 3.8) is 0 Å². The zero-order valence-electron chi connectivity index (χ0n) is 8.59. The Kier molecular flexibility index (Phi) is 4.54. The van der Waals surface area contributed by atoms with Crippen LogP contribution in [0.15, 0.2) is 12.1 Å². The summed E-state index contributed by atoms with van der Waals surface area (Å²) in [7, 11) is 0. The minimum atomic E-state index is -1.61. The molecule has 0 spiro atoms. The molecular weight excluding hydrogens is 236 g/mol. The predicted molar refractivity (Wildman–Crippen MR) is 59.7 cm³/mol. The molecule has 0 saturated carbocycles. The van der Waals surface area contributed by atoms with Crippen molar-refractivity contribution >= 4 is 23.6 Å². The number of hydrogen-bond donors (Lipinski definition) is 2. The summed E-state index contributed by atoms with van der Waals surface area (Å²) in [5.74, 6) is -3.01. The normalized spacial score (nSPS) is 10.2. The van der Waals surface area contributed by atoms with Crippen LogP contribution in [0.25, 0.3) is 0 Å². The van der Waals surface area contributed by atoms with Gasteiger partial charge in [-0.15, -0.1) is 0 Å². The van der Waals surface area contributed by atoms with Gasteiger partial charge in [0.05, 0.1) is 5.69 Å². The molecule has 0 fully saturated rings. The van der Waals surface area contributed by atoms with Crippen LogP contribution in [-0.2, 0) is 0 Å². The topological polar surface area (TPSA) is 49.3 Å². The van der Waals surface area contributed by atoms with Crippen LogP contribution in [0.2, 0.25) is 0 Å². The SMILES string of the molecule is CCCSNc1ccc(F)c(C(=O)O)c1F. The van der Waals surface area contributed by atoms with Crippen LogP contribution in [0.5, 0.6) is 0 Å². The number of nitrogens with one attached hydrogen (secondary N) is 1. The molecule has 1 aromatic carbocycles. The van der Waals surface area contributed by atoms with Gasteiger partial charge in [-0.05, 0) is 18.6 Å². The van der Waals surface area contributed by atoms with Gasteiger partial charge in [-0.1, -0.05) is 18.9 Å². The van der Waals surface area contributed by atoms with Gasteiger partial charge in [-0.25, -0.2) is 13.6 Å². The first-order chi connectivity index (χ1) is 7.57. The Morgan fingerprint density at radius 3 is 2.75 bits per heavy atom. The van der Waals surface area contributed by atoms with Gasteiger partial charge in [-0.2, -0.15) is 0 Å². The maximum absolute atomic E-state index is 13.5. The van der Waals surface area contributed by atoms with E-state index in [1.807, 2.05) is 6.92 Å². The van der Waals surface area contributed by atoms with E-state index in [-0.39, 0.29) is 5.69 Å². The first kappa shape index (κ1) is 12.8. The Bertz CT molecular complexity index is 399. The molecule has 0 unspecified atom stereocenters. The third-order valence-electron chi connectivity index (χ3n) is 1.79. The van der Waals surface area contributed by atoms with E-state index in [0.29, 0.717) is 0 Å². The maximum atomic E-state index is 13.5. The van der Waals surface area contributed by atoms with Gasteiger partial charge in [0.1, 0.15) is 11.4 Å². The van der Waals surface area contributed by atoms with Gasteiger partial charge in [0.25, 0.3) is 0 Å². The summed E-state index contributed by atoms with van der Waals surface area (Å²) < 4.78 is 29.2. The lowest BCUT2D eigenvalue weighted by Crippen LogP contribution is -2.06. The highest BCUT2D eigenvalue weighted by Gasteiger charge is 2.19. The smallest absolute Gasteiger partial charge is 0.341 e. The molecule has 0 aliphatic carbocycles. The average molecular weight is 247 g/mol. The van der Waals surface area contributed by atoms with Gasteiger partial charge in [0, 0.05) is 5.75 Å². The molecular formula is C10H11F2NO2S. The van der Waals surface area contributed by atoms with Gasteiger partial charge < -0.3 is 9.83 Å². The second-order valence-corrected chi connectivity index (χ2v) is 3.94. The first-order valence-electron chi connectivity index (χ1n) is 4.67. The molecule has 0 atom stereocenters. The van der Waals surface area contributed by atoms with Crippen LogP contribution in [0.1, 0.15) is 23.7 Å². The monoisotopic (exact) mass is 247 g/mol. The molecule has 0 radical (unpaired) electrons. The predicted octanol–water partition coefficient (Wildman–Crippen LogP) is 3.13. The summed E-state index contributed by atoms with van der Waals surface area (Å²) in [6, 6.07) is 2.11. The van der Waals surface area contributed by atoms with E-state index in [4.69, 9.17) is 5.11 Å². The molecule has 1 rings (SSSR count). The van der Waals surface area contributed by atoms with Crippen LogP contribution in [-0.4, -0.2) is 16.8 Å². The summed E-state index contributed by atoms with van der Waals surface area (Å²) in [6.45, 7) is 1.96. The van der Waals surface area contributed by atoms with Gasteiger partial charge in [0.15, 0.2) is 5.82 Å². The molecule has 1 aromatic rings. The number of hydrogen-bond acceptors (Lipinski definition) is 3. The zero-order chi connectivity index (χ0) is 12.1. The number of carboxylic acids is 1. The van der Waals surface area contributed by atoms with Gasteiger partial charge in [0.2, 0.25) is 0 Å². The molecule has 0 heterocycles. The number of carboxylic acid groups (broad SMARTS) is 1. The Balaban J connectivity index is 2.95. The van der Waals surface area contributed by atoms with Crippen LogP contribution in [0.4, 0.5) is 14.5 Å². The highest BCUT2D eigenvalue weighted by Crippen LogP contribution is 2.23. The van der Waals surface area contributed by atoms with E-state index in [1.165, 1.54) is 18.0 Å². The van der Waals surface area contributed by atoms with Crippen LogP contribution >= 0.6 is 11.9 Å². The lowest BCUT2D eigenvalue weighted by molar-refractivity contribution is 0.0686. The highest BCUT2D eigenvalue weighted by atomic mass is 32.2. The fraction of sp³-hybridized carbons (Fsp3) is 0.300. The molecule has 0 aliphatic heterocycles. The number of benzene rings is 1. The zero-order valence-corrected chi connectivity index (χ0v) is 9.41. The number of halogens is 2. The molecule has 3 nitrogen and oxygen atoms in total. The average Bonchev–Trinajstić information content (AvgIpc) is 2.21. The van der Waals surface area contributed by atoms with E-state index in [1.54, 1.807) is 0 Å². The summed E-state index contributed by atoms with van der Waals surface area (Å²) in [4.78, 5) is 10.6. The fourth-order valence-corrected chi connectivity index (χ4v) is 1.68. The van der Waals surface area contributed by atoms with Crippen molar-refractivity contribution in [3.05, 3.63) is 29.3 Å². The first-order valence-corrected chi connectivity index (χ1v) is 5.65. The van der Waals surface area contributed by atoms with Crippen LogP contribution < -0.4 is 4.72 Å². The quantitative estimate of drug-likeness (QED) is 0.620. The standard InChI is InChI=1S/C10H11F2NO2S/c1-2-5-16-13-7-4-3-6(11)8(9(7)12)10(14)15/h3-4,13H,2,5H2,1H3,(H,14,15). The van der Waals surface area contributed by atoms with Gasteiger partial charge in [-0.3, -0.25) is 0 Å². The number of carbonyl (C=O) groups is 1. The van der Waals surface area contributed by atoms with E-state index in [0.717, 1.165) is 18.2 Å². The minimum Gasteiger partial charge on any atom is -0.477 e. The molecule has 6 heteroatoms. The van der Waals surface area contributed by atoms with E-state index >= 15 is 0 Å². The van der Waals surface area contributed by atoms with Crippen molar-refractivity contribution < 1.29 is 18.7 Å². The molecule has 88 valence electrons. The Morgan fingerprint density at radius 2 is 2.19 bits per heavy atom. The molecule has 2 N–H and O–H groups in total. The van der Waals surface area contributed by atoms with Crippen molar-refractivity contribution in [3.8, 4) is 0 Å². The summed E-state index contributed by atoms with van der Waals surface area (Å²) >= 11 is 1.24. The second kappa shape index (κ2) is 5.69. The van der Waals surface area contributed by atoms with Crippen LogP contribution in [0.3, 0.4) is 0 Å². The summed E-state index contributed by atoms with van der Waals surface area (Å²) in [6.07, 6.45) is 0.895. The number of rotatable bonds is 5. The molecule has 0 bridgehead atoms. The summed E-state index contributed by atoms with van der Waals surface area (Å²) in [5.41, 5.74) is -0.945. The Hall–Kier alpha value is -1.30. The molecule has 0 aromatic heterocycles. The van der Waals surface area contributed by atoms with E-state index in [2.05, 4.69) is 4.72 Å². The van der Waals surface area contributed by atoms with Crippen LogP contribution in [0, 0.1) is 11.6 Å². The molecule has 16 heavy (non-hydrogen) atoms. The Labute approximate surface area is 96.0 Å². The maximum Gasteiger partial charge on any atom is 0.341 e. The molecule has 0 saturated heterocycles. The third kappa shape index (κ3) is 2.85. The van der Waals surface area contributed by atoms with Crippen molar-refractivity contribution in [2.75, 3.05) is 10.5 Å².